The minimum atomic E-state index is -0.336. The lowest BCUT2D eigenvalue weighted by Gasteiger charge is -2.38. The van der Waals surface area contributed by atoms with Crippen LogP contribution in [0.2, 0.25) is 0 Å². The molecule has 1 aromatic rings. The zero-order valence-electron chi connectivity index (χ0n) is 13.1. The fourth-order valence-electron chi connectivity index (χ4n) is 2.95. The van der Waals surface area contributed by atoms with E-state index in [4.69, 9.17) is 9.47 Å². The molecule has 0 amide bonds. The summed E-state index contributed by atoms with van der Waals surface area (Å²) in [5.41, 5.74) is 0. The van der Waals surface area contributed by atoms with E-state index in [1.54, 1.807) is 0 Å². The van der Waals surface area contributed by atoms with Crippen molar-refractivity contribution >= 4 is 11.6 Å². The third kappa shape index (κ3) is 3.27. The van der Waals surface area contributed by atoms with Crippen molar-refractivity contribution in [1.82, 2.24) is 9.97 Å². The van der Waals surface area contributed by atoms with Gasteiger partial charge in [-0.25, -0.2) is 9.97 Å². The number of hydrogen-bond donors (Lipinski definition) is 1. The maximum atomic E-state index is 5.77. The molecule has 1 spiro atoms. The van der Waals surface area contributed by atoms with Crippen molar-refractivity contribution in [3.05, 3.63) is 11.9 Å². The second kappa shape index (κ2) is 5.77. The van der Waals surface area contributed by atoms with Gasteiger partial charge in [0, 0.05) is 38.0 Å². The molecule has 0 aliphatic carbocycles. The Bertz CT molecular complexity index is 490. The van der Waals surface area contributed by atoms with Gasteiger partial charge in [-0.2, -0.15) is 0 Å². The van der Waals surface area contributed by atoms with Crippen molar-refractivity contribution < 1.29 is 9.47 Å². The van der Waals surface area contributed by atoms with E-state index in [1.807, 2.05) is 13.0 Å². The summed E-state index contributed by atoms with van der Waals surface area (Å²) in [5, 5.41) is 3.35. The molecule has 0 radical (unpaired) electrons. The number of hydrogen-bond acceptors (Lipinski definition) is 6. The molecule has 2 aliphatic rings. The Morgan fingerprint density at radius 2 is 1.86 bits per heavy atom. The molecule has 1 aromatic heterocycles. The van der Waals surface area contributed by atoms with Crippen LogP contribution < -0.4 is 10.2 Å². The van der Waals surface area contributed by atoms with Gasteiger partial charge in [0.25, 0.3) is 0 Å². The summed E-state index contributed by atoms with van der Waals surface area (Å²) in [6, 6.07) is 2.39. The Hall–Kier alpha value is -1.40. The molecule has 2 aliphatic heterocycles. The minimum absolute atomic E-state index is 0.336. The highest BCUT2D eigenvalue weighted by molar-refractivity contribution is 5.50. The largest absolute Gasteiger partial charge is 0.368 e. The van der Waals surface area contributed by atoms with Crippen LogP contribution in [-0.4, -0.2) is 48.1 Å². The van der Waals surface area contributed by atoms with Crippen molar-refractivity contribution in [2.45, 2.75) is 45.4 Å². The number of nitrogens with zero attached hydrogens (tertiary/aromatic N) is 3. The van der Waals surface area contributed by atoms with Gasteiger partial charge in [0.1, 0.15) is 17.5 Å². The lowest BCUT2D eigenvalue weighted by molar-refractivity contribution is -0.169. The first-order valence-corrected chi connectivity index (χ1v) is 7.71. The molecule has 0 bridgehead atoms. The molecule has 3 heterocycles. The molecule has 1 N–H and O–H groups in total. The van der Waals surface area contributed by atoms with Crippen molar-refractivity contribution in [2.24, 2.45) is 0 Å². The fraction of sp³-hybridized carbons (Fsp3) is 0.733. The number of anilines is 2. The van der Waals surface area contributed by atoms with Gasteiger partial charge in [0.15, 0.2) is 5.79 Å². The number of aryl methyl sites for hydroxylation is 1. The van der Waals surface area contributed by atoms with Crippen molar-refractivity contribution in [3.8, 4) is 0 Å². The van der Waals surface area contributed by atoms with Gasteiger partial charge in [-0.05, 0) is 20.8 Å². The summed E-state index contributed by atoms with van der Waals surface area (Å²) in [6.07, 6.45) is 1.78. The first kappa shape index (κ1) is 14.5. The Balaban J connectivity index is 1.71. The SMILES string of the molecule is Cc1nc(NC(C)C)cc(N2CCC3(CC2)OCCO3)n1. The zero-order valence-corrected chi connectivity index (χ0v) is 13.1. The molecule has 6 heteroatoms. The van der Waals surface area contributed by atoms with Gasteiger partial charge in [-0.15, -0.1) is 0 Å². The maximum Gasteiger partial charge on any atom is 0.171 e. The standard InChI is InChI=1S/C15H24N4O2/c1-11(2)16-13-10-14(18-12(3)17-13)19-6-4-15(5-7-19)20-8-9-21-15/h10-11H,4-9H2,1-3H3,(H,16,17,18). The summed E-state index contributed by atoms with van der Waals surface area (Å²) in [7, 11) is 0. The molecule has 0 unspecified atom stereocenters. The third-order valence-corrected chi connectivity index (χ3v) is 3.92. The van der Waals surface area contributed by atoms with Crippen LogP contribution >= 0.6 is 0 Å². The molecular formula is C15H24N4O2. The Morgan fingerprint density at radius 3 is 2.48 bits per heavy atom. The van der Waals surface area contributed by atoms with E-state index in [0.717, 1.165) is 56.6 Å². The van der Waals surface area contributed by atoms with Gasteiger partial charge in [-0.1, -0.05) is 0 Å². The van der Waals surface area contributed by atoms with Gasteiger partial charge in [0.2, 0.25) is 0 Å². The van der Waals surface area contributed by atoms with Crippen LogP contribution in [0.3, 0.4) is 0 Å². The second-order valence-corrected chi connectivity index (χ2v) is 6.05. The average molecular weight is 292 g/mol. The molecule has 0 atom stereocenters. The molecule has 21 heavy (non-hydrogen) atoms. The smallest absolute Gasteiger partial charge is 0.171 e. The summed E-state index contributed by atoms with van der Waals surface area (Å²) >= 11 is 0. The second-order valence-electron chi connectivity index (χ2n) is 6.05. The molecule has 2 saturated heterocycles. The van der Waals surface area contributed by atoms with Gasteiger partial charge < -0.3 is 19.7 Å². The van der Waals surface area contributed by atoms with E-state index < -0.39 is 0 Å². The van der Waals surface area contributed by atoms with Gasteiger partial charge in [-0.3, -0.25) is 0 Å². The van der Waals surface area contributed by atoms with E-state index in [2.05, 4.69) is 34.0 Å². The Labute approximate surface area is 125 Å². The van der Waals surface area contributed by atoms with Crippen LogP contribution in [0.4, 0.5) is 11.6 Å². The number of rotatable bonds is 3. The van der Waals surface area contributed by atoms with Gasteiger partial charge in [0.05, 0.1) is 13.2 Å². The summed E-state index contributed by atoms with van der Waals surface area (Å²) in [6.45, 7) is 9.38. The van der Waals surface area contributed by atoms with Crippen LogP contribution in [0.1, 0.15) is 32.5 Å². The van der Waals surface area contributed by atoms with Crippen LogP contribution in [-0.2, 0) is 9.47 Å². The summed E-state index contributed by atoms with van der Waals surface area (Å²) < 4.78 is 11.5. The average Bonchev–Trinajstić information content (AvgIpc) is 2.86. The lowest BCUT2D eigenvalue weighted by atomic mass is 10.0. The normalized spacial score (nSPS) is 21.2. The van der Waals surface area contributed by atoms with Crippen LogP contribution in [0.15, 0.2) is 6.07 Å². The highest BCUT2D eigenvalue weighted by Gasteiger charge is 2.40. The van der Waals surface area contributed by atoms with Crippen LogP contribution in [0.5, 0.6) is 0 Å². The van der Waals surface area contributed by atoms with E-state index in [0.29, 0.717) is 6.04 Å². The number of ether oxygens (including phenoxy) is 2. The Kier molecular flexibility index (Phi) is 3.99. The number of nitrogens with one attached hydrogen (secondary N) is 1. The highest BCUT2D eigenvalue weighted by atomic mass is 16.7. The fourth-order valence-corrected chi connectivity index (χ4v) is 2.95. The molecule has 116 valence electrons. The predicted octanol–water partition coefficient (Wildman–Crippen LogP) is 1.95. The van der Waals surface area contributed by atoms with Crippen molar-refractivity contribution in [2.75, 3.05) is 36.5 Å². The quantitative estimate of drug-likeness (QED) is 0.919. The monoisotopic (exact) mass is 292 g/mol. The molecule has 3 rings (SSSR count). The molecule has 6 nitrogen and oxygen atoms in total. The van der Waals surface area contributed by atoms with E-state index in [1.165, 1.54) is 0 Å². The highest BCUT2D eigenvalue weighted by Crippen LogP contribution is 2.33. The van der Waals surface area contributed by atoms with E-state index >= 15 is 0 Å². The predicted molar refractivity (Wildman–Crippen MR) is 81.6 cm³/mol. The summed E-state index contributed by atoms with van der Waals surface area (Å²) in [4.78, 5) is 11.3. The number of aromatic nitrogens is 2. The van der Waals surface area contributed by atoms with Crippen molar-refractivity contribution in [1.29, 1.82) is 0 Å². The maximum absolute atomic E-state index is 5.77. The minimum Gasteiger partial charge on any atom is -0.368 e. The van der Waals surface area contributed by atoms with Crippen LogP contribution in [0, 0.1) is 6.92 Å². The first-order valence-electron chi connectivity index (χ1n) is 7.71. The zero-order chi connectivity index (χ0) is 14.9. The van der Waals surface area contributed by atoms with Crippen LogP contribution in [0.25, 0.3) is 0 Å². The lowest BCUT2D eigenvalue weighted by Crippen LogP contribution is -2.45. The topological polar surface area (TPSA) is 59.5 Å². The van der Waals surface area contributed by atoms with Crippen molar-refractivity contribution in [3.63, 3.8) is 0 Å². The van der Waals surface area contributed by atoms with E-state index in [-0.39, 0.29) is 5.79 Å². The molecule has 0 saturated carbocycles. The van der Waals surface area contributed by atoms with Gasteiger partial charge >= 0.3 is 0 Å². The third-order valence-electron chi connectivity index (χ3n) is 3.92. The molecular weight excluding hydrogens is 268 g/mol. The van der Waals surface area contributed by atoms with E-state index in [9.17, 15) is 0 Å². The number of piperidine rings is 1. The molecule has 2 fully saturated rings. The summed E-state index contributed by atoms with van der Waals surface area (Å²) in [5.74, 6) is 2.33. The Morgan fingerprint density at radius 1 is 1.19 bits per heavy atom. The first-order chi connectivity index (χ1) is 10.1. The molecule has 0 aromatic carbocycles.